The number of rotatable bonds is 2. The van der Waals surface area contributed by atoms with E-state index in [0.29, 0.717) is 18.7 Å². The highest BCUT2D eigenvalue weighted by molar-refractivity contribution is 5.00. The Bertz CT molecular complexity index is 364. The molecule has 1 aliphatic rings. The molecule has 3 nitrogen and oxygen atoms in total. The number of aromatic amines is 1. The van der Waals surface area contributed by atoms with E-state index in [1.807, 2.05) is 6.92 Å². The summed E-state index contributed by atoms with van der Waals surface area (Å²) in [6, 6.07) is 0. The van der Waals surface area contributed by atoms with Crippen LogP contribution in [0, 0.1) is 5.92 Å². The molecule has 6 heteroatoms. The van der Waals surface area contributed by atoms with Crippen LogP contribution < -0.4 is 0 Å². The van der Waals surface area contributed by atoms with Crippen LogP contribution in [0.15, 0.2) is 0 Å². The van der Waals surface area contributed by atoms with E-state index in [2.05, 4.69) is 15.2 Å². The fourth-order valence-corrected chi connectivity index (χ4v) is 2.33. The van der Waals surface area contributed by atoms with E-state index in [4.69, 9.17) is 0 Å². The molecule has 0 radical (unpaired) electrons. The van der Waals surface area contributed by atoms with E-state index in [1.165, 1.54) is 0 Å². The number of aryl methyl sites for hydroxylation is 1. The maximum Gasteiger partial charge on any atom is 0.391 e. The van der Waals surface area contributed by atoms with Gasteiger partial charge in [0.2, 0.25) is 0 Å². The summed E-state index contributed by atoms with van der Waals surface area (Å²) in [6.07, 6.45) is -1.81. The second-order valence-corrected chi connectivity index (χ2v) is 4.58. The Balaban J connectivity index is 1.95. The van der Waals surface area contributed by atoms with Crippen LogP contribution in [0.1, 0.15) is 50.2 Å². The molecule has 1 saturated carbocycles. The topological polar surface area (TPSA) is 41.6 Å². The minimum atomic E-state index is -4.04. The van der Waals surface area contributed by atoms with Crippen molar-refractivity contribution in [1.29, 1.82) is 0 Å². The molecule has 1 aliphatic carbocycles. The molecule has 1 aromatic rings. The zero-order valence-corrected chi connectivity index (χ0v) is 9.72. The molecule has 17 heavy (non-hydrogen) atoms. The zero-order chi connectivity index (χ0) is 12.5. The highest BCUT2D eigenvalue weighted by Crippen LogP contribution is 2.42. The molecule has 1 fully saturated rings. The fourth-order valence-electron chi connectivity index (χ4n) is 2.33. The van der Waals surface area contributed by atoms with Crippen molar-refractivity contribution in [2.75, 3.05) is 0 Å². The Labute approximate surface area is 97.8 Å². The van der Waals surface area contributed by atoms with Gasteiger partial charge < -0.3 is 0 Å². The predicted octanol–water partition coefficient (Wildman–Crippen LogP) is 3.20. The van der Waals surface area contributed by atoms with Crippen molar-refractivity contribution in [3.05, 3.63) is 11.6 Å². The molecule has 0 bridgehead atoms. The molecule has 1 N–H and O–H groups in total. The lowest BCUT2D eigenvalue weighted by Crippen LogP contribution is -2.27. The van der Waals surface area contributed by atoms with E-state index in [-0.39, 0.29) is 18.8 Å². The molecule has 0 spiro atoms. The van der Waals surface area contributed by atoms with Crippen molar-refractivity contribution >= 4 is 0 Å². The normalized spacial score (nSPS) is 26.1. The molecule has 0 unspecified atom stereocenters. The third-order valence-corrected chi connectivity index (χ3v) is 3.44. The lowest BCUT2D eigenvalue weighted by molar-refractivity contribution is -0.182. The molecule has 2 rings (SSSR count). The van der Waals surface area contributed by atoms with Crippen LogP contribution in [0.25, 0.3) is 0 Å². The third-order valence-electron chi connectivity index (χ3n) is 3.44. The first kappa shape index (κ1) is 12.4. The summed E-state index contributed by atoms with van der Waals surface area (Å²) in [6.45, 7) is 1.96. The van der Waals surface area contributed by atoms with E-state index in [1.54, 1.807) is 0 Å². The first-order chi connectivity index (χ1) is 8.00. The maximum atomic E-state index is 12.5. The second kappa shape index (κ2) is 4.66. The van der Waals surface area contributed by atoms with Gasteiger partial charge in [0, 0.05) is 12.3 Å². The van der Waals surface area contributed by atoms with Gasteiger partial charge in [-0.1, -0.05) is 6.92 Å². The van der Waals surface area contributed by atoms with Crippen LogP contribution in [-0.4, -0.2) is 21.4 Å². The first-order valence-electron chi connectivity index (χ1n) is 5.98. The summed E-state index contributed by atoms with van der Waals surface area (Å²) in [5.41, 5.74) is 0. The first-order valence-corrected chi connectivity index (χ1v) is 5.98. The Morgan fingerprint density at radius 2 is 1.88 bits per heavy atom. The lowest BCUT2D eigenvalue weighted by atomic mass is 9.81. The van der Waals surface area contributed by atoms with E-state index < -0.39 is 12.1 Å². The van der Waals surface area contributed by atoms with Crippen LogP contribution >= 0.6 is 0 Å². The zero-order valence-electron chi connectivity index (χ0n) is 9.72. The molecule has 0 amide bonds. The third kappa shape index (κ3) is 2.79. The van der Waals surface area contributed by atoms with Gasteiger partial charge in [-0.05, 0) is 25.7 Å². The smallest absolute Gasteiger partial charge is 0.263 e. The number of H-pyrrole nitrogens is 1. The number of nitrogens with zero attached hydrogens (tertiary/aromatic N) is 2. The van der Waals surface area contributed by atoms with Crippen LogP contribution in [-0.2, 0) is 6.42 Å². The SMILES string of the molecule is CCc1nc(C2CCC(C(F)(F)F)CC2)n[nH]1. The number of halogens is 3. The van der Waals surface area contributed by atoms with Crippen molar-refractivity contribution < 1.29 is 13.2 Å². The van der Waals surface area contributed by atoms with Crippen LogP contribution in [0.3, 0.4) is 0 Å². The minimum Gasteiger partial charge on any atom is -0.263 e. The lowest BCUT2D eigenvalue weighted by Gasteiger charge is -2.28. The van der Waals surface area contributed by atoms with Crippen LogP contribution in [0.4, 0.5) is 13.2 Å². The number of nitrogens with one attached hydrogen (secondary N) is 1. The summed E-state index contributed by atoms with van der Waals surface area (Å²) >= 11 is 0. The Morgan fingerprint density at radius 3 is 2.35 bits per heavy atom. The number of aromatic nitrogens is 3. The second-order valence-electron chi connectivity index (χ2n) is 4.58. The molecule has 0 aliphatic heterocycles. The van der Waals surface area contributed by atoms with Crippen molar-refractivity contribution in [2.45, 2.75) is 51.1 Å². The molecule has 0 aromatic carbocycles. The summed E-state index contributed by atoms with van der Waals surface area (Å²) < 4.78 is 37.5. The molecule has 96 valence electrons. The van der Waals surface area contributed by atoms with Gasteiger partial charge in [-0.15, -0.1) is 0 Å². The largest absolute Gasteiger partial charge is 0.391 e. The van der Waals surface area contributed by atoms with Gasteiger partial charge in [0.15, 0.2) is 5.82 Å². The number of hydrogen-bond acceptors (Lipinski definition) is 2. The monoisotopic (exact) mass is 247 g/mol. The molecule has 1 heterocycles. The van der Waals surface area contributed by atoms with Gasteiger partial charge in [-0.2, -0.15) is 18.3 Å². The highest BCUT2D eigenvalue weighted by atomic mass is 19.4. The number of hydrogen-bond donors (Lipinski definition) is 1. The summed E-state index contributed by atoms with van der Waals surface area (Å²) in [5, 5.41) is 6.89. The Morgan fingerprint density at radius 1 is 1.24 bits per heavy atom. The summed E-state index contributed by atoms with van der Waals surface area (Å²) in [5.74, 6) is 0.439. The van der Waals surface area contributed by atoms with Crippen LogP contribution in [0.5, 0.6) is 0 Å². The van der Waals surface area contributed by atoms with Gasteiger partial charge in [-0.3, -0.25) is 5.10 Å². The fraction of sp³-hybridized carbons (Fsp3) is 0.818. The van der Waals surface area contributed by atoms with E-state index in [9.17, 15) is 13.2 Å². The standard InChI is InChI=1S/C11H16F3N3/c1-2-9-15-10(17-16-9)7-3-5-8(6-4-7)11(12,13)14/h7-8H,2-6H2,1H3,(H,15,16,17). The average molecular weight is 247 g/mol. The van der Waals surface area contributed by atoms with Gasteiger partial charge in [0.1, 0.15) is 5.82 Å². The van der Waals surface area contributed by atoms with Gasteiger partial charge in [-0.25, -0.2) is 4.98 Å². The Hall–Kier alpha value is -1.07. The molecule has 0 saturated heterocycles. The Kier molecular flexibility index (Phi) is 3.40. The van der Waals surface area contributed by atoms with Gasteiger partial charge in [0.05, 0.1) is 5.92 Å². The quantitative estimate of drug-likeness (QED) is 0.871. The van der Waals surface area contributed by atoms with Gasteiger partial charge in [0.25, 0.3) is 0 Å². The van der Waals surface area contributed by atoms with Gasteiger partial charge >= 0.3 is 6.18 Å². The average Bonchev–Trinajstić information content (AvgIpc) is 2.76. The predicted molar refractivity (Wildman–Crippen MR) is 56.5 cm³/mol. The van der Waals surface area contributed by atoms with Crippen molar-refractivity contribution in [2.24, 2.45) is 5.92 Å². The summed E-state index contributed by atoms with van der Waals surface area (Å²) in [7, 11) is 0. The summed E-state index contributed by atoms with van der Waals surface area (Å²) in [4.78, 5) is 4.29. The highest BCUT2D eigenvalue weighted by Gasteiger charge is 2.42. The maximum absolute atomic E-state index is 12.5. The van der Waals surface area contributed by atoms with Crippen molar-refractivity contribution in [3.63, 3.8) is 0 Å². The molecular formula is C11H16F3N3. The minimum absolute atomic E-state index is 0.0881. The van der Waals surface area contributed by atoms with Crippen LogP contribution in [0.2, 0.25) is 0 Å². The van der Waals surface area contributed by atoms with Crippen molar-refractivity contribution in [1.82, 2.24) is 15.2 Å². The van der Waals surface area contributed by atoms with E-state index in [0.717, 1.165) is 12.2 Å². The molecular weight excluding hydrogens is 231 g/mol. The van der Waals surface area contributed by atoms with E-state index >= 15 is 0 Å². The molecule has 0 atom stereocenters. The molecule has 1 aromatic heterocycles. The number of alkyl halides is 3. The van der Waals surface area contributed by atoms with Crippen molar-refractivity contribution in [3.8, 4) is 0 Å².